The second-order valence-corrected chi connectivity index (χ2v) is 6.37. The molecule has 0 aliphatic carbocycles. The van der Waals surface area contributed by atoms with Gasteiger partial charge in [0, 0.05) is 5.69 Å². The number of carbonyl (C=O) groups excluding carboxylic acids is 3. The van der Waals surface area contributed by atoms with Crippen LogP contribution in [0.3, 0.4) is 0 Å². The van der Waals surface area contributed by atoms with Crippen molar-refractivity contribution in [3.05, 3.63) is 65.7 Å². The molecule has 6 nitrogen and oxygen atoms in total. The summed E-state index contributed by atoms with van der Waals surface area (Å²) in [6.45, 7) is 3.31. The lowest BCUT2D eigenvalue weighted by Gasteiger charge is -2.22. The van der Waals surface area contributed by atoms with E-state index in [2.05, 4.69) is 10.6 Å². The van der Waals surface area contributed by atoms with Crippen molar-refractivity contribution in [1.29, 1.82) is 0 Å². The van der Waals surface area contributed by atoms with E-state index in [-0.39, 0.29) is 6.54 Å². The van der Waals surface area contributed by atoms with Crippen LogP contribution in [0, 0.1) is 0 Å². The van der Waals surface area contributed by atoms with Gasteiger partial charge in [0.05, 0.1) is 0 Å². The maximum atomic E-state index is 12.8. The molecule has 0 bridgehead atoms. The number of nitrogens with zero attached hydrogens (tertiary/aromatic N) is 1. The van der Waals surface area contributed by atoms with E-state index in [1.807, 2.05) is 31.2 Å². The minimum Gasteiger partial charge on any atom is -0.324 e. The fourth-order valence-corrected chi connectivity index (χ4v) is 3.09. The van der Waals surface area contributed by atoms with Gasteiger partial charge in [-0.15, -0.1) is 0 Å². The van der Waals surface area contributed by atoms with Crippen molar-refractivity contribution >= 4 is 23.5 Å². The number of carbonyl (C=O) groups is 3. The maximum Gasteiger partial charge on any atom is 0.325 e. The van der Waals surface area contributed by atoms with Crippen LogP contribution in [-0.4, -0.2) is 29.3 Å². The van der Waals surface area contributed by atoms with Gasteiger partial charge in [0.25, 0.3) is 5.91 Å². The number of rotatable bonds is 5. The molecule has 134 valence electrons. The molecule has 2 N–H and O–H groups in total. The summed E-state index contributed by atoms with van der Waals surface area (Å²) in [6.07, 6.45) is 0.770. The van der Waals surface area contributed by atoms with Gasteiger partial charge in [0.1, 0.15) is 12.1 Å². The molecule has 2 aromatic carbocycles. The highest BCUT2D eigenvalue weighted by molar-refractivity contribution is 6.10. The van der Waals surface area contributed by atoms with Crippen molar-refractivity contribution in [1.82, 2.24) is 10.2 Å². The van der Waals surface area contributed by atoms with Crippen LogP contribution in [0.4, 0.5) is 10.5 Å². The van der Waals surface area contributed by atoms with Crippen LogP contribution in [0.5, 0.6) is 0 Å². The third-order valence-corrected chi connectivity index (χ3v) is 4.60. The minimum absolute atomic E-state index is 0.328. The van der Waals surface area contributed by atoms with Gasteiger partial charge in [-0.3, -0.25) is 14.5 Å². The number of hydrogen-bond donors (Lipinski definition) is 2. The number of amides is 4. The highest BCUT2D eigenvalue weighted by atomic mass is 16.2. The Morgan fingerprint density at radius 2 is 1.73 bits per heavy atom. The van der Waals surface area contributed by atoms with E-state index in [1.54, 1.807) is 37.3 Å². The lowest BCUT2D eigenvalue weighted by Crippen LogP contribution is -2.42. The van der Waals surface area contributed by atoms with Gasteiger partial charge in [-0.1, -0.05) is 55.5 Å². The lowest BCUT2D eigenvalue weighted by atomic mass is 9.92. The van der Waals surface area contributed by atoms with Crippen molar-refractivity contribution in [2.45, 2.75) is 25.8 Å². The Hall–Kier alpha value is -3.15. The Morgan fingerprint density at radius 1 is 1.08 bits per heavy atom. The maximum absolute atomic E-state index is 12.8. The molecule has 0 spiro atoms. The first kappa shape index (κ1) is 17.7. The van der Waals surface area contributed by atoms with Crippen molar-refractivity contribution in [3.8, 4) is 0 Å². The fraction of sp³-hybridized carbons (Fsp3) is 0.250. The number of benzene rings is 2. The summed E-state index contributed by atoms with van der Waals surface area (Å²) < 4.78 is 0. The van der Waals surface area contributed by atoms with E-state index in [0.717, 1.165) is 16.9 Å². The molecule has 0 radical (unpaired) electrons. The summed E-state index contributed by atoms with van der Waals surface area (Å²) in [4.78, 5) is 38.5. The van der Waals surface area contributed by atoms with E-state index in [1.165, 1.54) is 0 Å². The van der Waals surface area contributed by atoms with Gasteiger partial charge in [0.15, 0.2) is 0 Å². The van der Waals surface area contributed by atoms with Gasteiger partial charge in [-0.05, 0) is 30.5 Å². The molecule has 3 rings (SSSR count). The summed E-state index contributed by atoms with van der Waals surface area (Å²) in [5.74, 6) is -0.848. The van der Waals surface area contributed by atoms with Crippen LogP contribution in [-0.2, 0) is 21.5 Å². The summed E-state index contributed by atoms with van der Waals surface area (Å²) in [7, 11) is 0. The molecule has 4 amide bonds. The molecule has 2 aromatic rings. The van der Waals surface area contributed by atoms with Crippen molar-refractivity contribution in [3.63, 3.8) is 0 Å². The van der Waals surface area contributed by atoms with Crippen LogP contribution >= 0.6 is 0 Å². The average Bonchev–Trinajstić information content (AvgIpc) is 2.87. The molecule has 0 saturated carbocycles. The standard InChI is InChI=1S/C20H21N3O3/c1-3-14-9-7-8-12-16(14)21-17(24)13-23-18(25)20(2,22-19(23)26)15-10-5-4-6-11-15/h4-12H,3,13H2,1-2H3,(H,21,24)(H,22,26)/t20-/m1/s1. The number of imide groups is 1. The number of urea groups is 1. The van der Waals surface area contributed by atoms with Crippen molar-refractivity contribution in [2.75, 3.05) is 11.9 Å². The summed E-state index contributed by atoms with van der Waals surface area (Å²) in [5, 5.41) is 5.48. The molecule has 1 atom stereocenters. The van der Waals surface area contributed by atoms with E-state index in [4.69, 9.17) is 0 Å². The van der Waals surface area contributed by atoms with Gasteiger partial charge >= 0.3 is 6.03 Å². The quantitative estimate of drug-likeness (QED) is 0.813. The lowest BCUT2D eigenvalue weighted by molar-refractivity contribution is -0.133. The van der Waals surface area contributed by atoms with Gasteiger partial charge in [-0.25, -0.2) is 4.79 Å². The van der Waals surface area contributed by atoms with Crippen LogP contribution in [0.25, 0.3) is 0 Å². The Kier molecular flexibility index (Phi) is 4.75. The first-order valence-corrected chi connectivity index (χ1v) is 8.53. The second-order valence-electron chi connectivity index (χ2n) is 6.37. The highest BCUT2D eigenvalue weighted by Crippen LogP contribution is 2.28. The molecular weight excluding hydrogens is 330 g/mol. The second kappa shape index (κ2) is 7.00. The largest absolute Gasteiger partial charge is 0.325 e. The molecule has 1 aliphatic heterocycles. The normalized spacial score (nSPS) is 19.4. The first-order chi connectivity index (χ1) is 12.5. The third-order valence-electron chi connectivity index (χ3n) is 4.60. The van der Waals surface area contributed by atoms with Crippen LogP contribution < -0.4 is 10.6 Å². The smallest absolute Gasteiger partial charge is 0.324 e. The molecule has 1 saturated heterocycles. The topological polar surface area (TPSA) is 78.5 Å². The average molecular weight is 351 g/mol. The Labute approximate surface area is 152 Å². The molecule has 6 heteroatoms. The zero-order valence-corrected chi connectivity index (χ0v) is 14.8. The minimum atomic E-state index is -1.17. The first-order valence-electron chi connectivity index (χ1n) is 8.53. The zero-order chi connectivity index (χ0) is 18.7. The number of hydrogen-bond acceptors (Lipinski definition) is 3. The fourth-order valence-electron chi connectivity index (χ4n) is 3.09. The Morgan fingerprint density at radius 3 is 2.42 bits per heavy atom. The van der Waals surface area contributed by atoms with Crippen LogP contribution in [0.2, 0.25) is 0 Å². The van der Waals surface area contributed by atoms with E-state index in [0.29, 0.717) is 11.3 Å². The Bertz CT molecular complexity index is 850. The predicted molar refractivity (Wildman–Crippen MR) is 98.5 cm³/mol. The Balaban J connectivity index is 1.75. The summed E-state index contributed by atoms with van der Waals surface area (Å²) in [6, 6.07) is 15.9. The van der Waals surface area contributed by atoms with Gasteiger partial charge < -0.3 is 10.6 Å². The molecule has 0 aromatic heterocycles. The summed E-state index contributed by atoms with van der Waals surface area (Å²) >= 11 is 0. The molecular formula is C20H21N3O3. The monoisotopic (exact) mass is 351 g/mol. The number of anilines is 1. The van der Waals surface area contributed by atoms with Gasteiger partial charge in [-0.2, -0.15) is 0 Å². The van der Waals surface area contributed by atoms with Crippen LogP contribution in [0.1, 0.15) is 25.0 Å². The third kappa shape index (κ3) is 3.18. The predicted octanol–water partition coefficient (Wildman–Crippen LogP) is 2.65. The molecule has 0 unspecified atom stereocenters. The highest BCUT2D eigenvalue weighted by Gasteiger charge is 2.49. The summed E-state index contributed by atoms with van der Waals surface area (Å²) in [5.41, 5.74) is 1.20. The molecule has 1 heterocycles. The molecule has 26 heavy (non-hydrogen) atoms. The molecule has 1 fully saturated rings. The van der Waals surface area contributed by atoms with Crippen molar-refractivity contribution in [2.24, 2.45) is 0 Å². The zero-order valence-electron chi connectivity index (χ0n) is 14.8. The van der Waals surface area contributed by atoms with Crippen LogP contribution in [0.15, 0.2) is 54.6 Å². The number of para-hydroxylation sites is 1. The molecule has 1 aliphatic rings. The van der Waals surface area contributed by atoms with E-state index in [9.17, 15) is 14.4 Å². The van der Waals surface area contributed by atoms with E-state index >= 15 is 0 Å². The SMILES string of the molecule is CCc1ccccc1NC(=O)CN1C(=O)N[C@](C)(c2ccccc2)C1=O. The number of nitrogens with one attached hydrogen (secondary N) is 2. The van der Waals surface area contributed by atoms with Gasteiger partial charge in [0.2, 0.25) is 5.91 Å². The van der Waals surface area contributed by atoms with E-state index < -0.39 is 23.4 Å². The van der Waals surface area contributed by atoms with Crippen molar-refractivity contribution < 1.29 is 14.4 Å². The number of aryl methyl sites for hydroxylation is 1.